The third-order valence-electron chi connectivity index (χ3n) is 4.71. The Kier molecular flexibility index (Phi) is 5.64. The zero-order chi connectivity index (χ0) is 13.6. The van der Waals surface area contributed by atoms with Gasteiger partial charge in [0.1, 0.15) is 0 Å². The summed E-state index contributed by atoms with van der Waals surface area (Å²) >= 11 is 0. The number of nitrogens with one attached hydrogen (secondary N) is 2. The largest absolute Gasteiger partial charge is 0.384 e. The molecule has 1 saturated carbocycles. The normalized spacial score (nSPS) is 28.5. The van der Waals surface area contributed by atoms with Gasteiger partial charge in [-0.1, -0.05) is 32.1 Å². The van der Waals surface area contributed by atoms with Crippen molar-refractivity contribution in [1.82, 2.24) is 10.6 Å². The minimum absolute atomic E-state index is 0.176. The average Bonchev–Trinajstić information content (AvgIpc) is 2.90. The van der Waals surface area contributed by atoms with Gasteiger partial charge in [-0.2, -0.15) is 0 Å². The van der Waals surface area contributed by atoms with Crippen LogP contribution in [-0.4, -0.2) is 39.3 Å². The molecule has 1 saturated heterocycles. The molecule has 2 rings (SSSR count). The Balaban J connectivity index is 1.73. The second kappa shape index (κ2) is 7.25. The Morgan fingerprint density at radius 3 is 2.79 bits per heavy atom. The summed E-state index contributed by atoms with van der Waals surface area (Å²) in [5, 5.41) is 6.42. The number of amides is 1. The maximum atomic E-state index is 12.4. The molecule has 4 heteroatoms. The zero-order valence-electron chi connectivity index (χ0n) is 12.2. The van der Waals surface area contributed by atoms with Gasteiger partial charge in [0.2, 0.25) is 5.91 Å². The third kappa shape index (κ3) is 3.93. The zero-order valence-corrected chi connectivity index (χ0v) is 12.2. The maximum absolute atomic E-state index is 12.4. The standard InChI is InChI=1S/C15H28N2O2/c1-19-12-15(8-10-16-11-15)14(18)17-9-7-13-5-3-2-4-6-13/h13,16H,2-12H2,1H3,(H,17,18). The monoisotopic (exact) mass is 268 g/mol. The van der Waals surface area contributed by atoms with Crippen LogP contribution in [0.3, 0.4) is 0 Å². The van der Waals surface area contributed by atoms with E-state index in [0.717, 1.165) is 38.4 Å². The molecule has 1 unspecified atom stereocenters. The second-order valence-corrected chi connectivity index (χ2v) is 6.19. The number of hydrogen-bond donors (Lipinski definition) is 2. The molecule has 1 aliphatic heterocycles. The molecule has 2 fully saturated rings. The Bertz CT molecular complexity index is 282. The lowest BCUT2D eigenvalue weighted by Crippen LogP contribution is -2.46. The molecule has 1 aliphatic carbocycles. The van der Waals surface area contributed by atoms with Gasteiger partial charge in [-0.3, -0.25) is 4.79 Å². The SMILES string of the molecule is COCC1(C(=O)NCCC2CCCCC2)CCNC1. The minimum atomic E-state index is -0.332. The smallest absolute Gasteiger partial charge is 0.229 e. The first kappa shape index (κ1) is 14.8. The van der Waals surface area contributed by atoms with E-state index in [0.29, 0.717) is 6.61 Å². The molecule has 2 aliphatic rings. The number of ether oxygens (including phenoxy) is 1. The van der Waals surface area contributed by atoms with Crippen LogP contribution in [0.4, 0.5) is 0 Å². The summed E-state index contributed by atoms with van der Waals surface area (Å²) in [6.07, 6.45) is 8.86. The van der Waals surface area contributed by atoms with Crippen molar-refractivity contribution in [3.8, 4) is 0 Å². The van der Waals surface area contributed by atoms with Crippen molar-refractivity contribution in [2.24, 2.45) is 11.3 Å². The van der Waals surface area contributed by atoms with Gasteiger partial charge in [0.05, 0.1) is 12.0 Å². The first-order valence-corrected chi connectivity index (χ1v) is 7.75. The summed E-state index contributed by atoms with van der Waals surface area (Å²) in [5.74, 6) is 1.00. The lowest BCUT2D eigenvalue weighted by Gasteiger charge is -2.27. The van der Waals surface area contributed by atoms with Crippen LogP contribution in [-0.2, 0) is 9.53 Å². The molecule has 0 bridgehead atoms. The first-order chi connectivity index (χ1) is 9.27. The van der Waals surface area contributed by atoms with E-state index in [2.05, 4.69) is 10.6 Å². The average molecular weight is 268 g/mol. The predicted molar refractivity (Wildman–Crippen MR) is 76.0 cm³/mol. The molecular weight excluding hydrogens is 240 g/mol. The highest BCUT2D eigenvalue weighted by Gasteiger charge is 2.41. The lowest BCUT2D eigenvalue weighted by atomic mass is 9.85. The van der Waals surface area contributed by atoms with Gasteiger partial charge < -0.3 is 15.4 Å². The maximum Gasteiger partial charge on any atom is 0.229 e. The molecule has 0 spiro atoms. The van der Waals surface area contributed by atoms with Crippen molar-refractivity contribution in [3.05, 3.63) is 0 Å². The van der Waals surface area contributed by atoms with E-state index in [-0.39, 0.29) is 11.3 Å². The molecule has 0 radical (unpaired) electrons. The number of carbonyl (C=O) groups excluding carboxylic acids is 1. The van der Waals surface area contributed by atoms with Gasteiger partial charge in [0.15, 0.2) is 0 Å². The van der Waals surface area contributed by atoms with Crippen molar-refractivity contribution in [2.75, 3.05) is 33.4 Å². The van der Waals surface area contributed by atoms with Crippen LogP contribution in [0.5, 0.6) is 0 Å². The highest BCUT2D eigenvalue weighted by atomic mass is 16.5. The molecule has 2 N–H and O–H groups in total. The van der Waals surface area contributed by atoms with E-state index in [1.807, 2.05) is 0 Å². The van der Waals surface area contributed by atoms with Crippen LogP contribution >= 0.6 is 0 Å². The summed E-state index contributed by atoms with van der Waals surface area (Å²) in [6.45, 7) is 3.01. The molecule has 1 amide bonds. The topological polar surface area (TPSA) is 50.4 Å². The first-order valence-electron chi connectivity index (χ1n) is 7.75. The summed E-state index contributed by atoms with van der Waals surface area (Å²) in [5.41, 5.74) is -0.332. The van der Waals surface area contributed by atoms with Crippen molar-refractivity contribution in [1.29, 1.82) is 0 Å². The highest BCUT2D eigenvalue weighted by Crippen LogP contribution is 2.27. The van der Waals surface area contributed by atoms with E-state index in [4.69, 9.17) is 4.74 Å². The quantitative estimate of drug-likeness (QED) is 0.771. The van der Waals surface area contributed by atoms with Crippen LogP contribution in [0.25, 0.3) is 0 Å². The van der Waals surface area contributed by atoms with Gasteiger partial charge in [-0.05, 0) is 25.3 Å². The van der Waals surface area contributed by atoms with Gasteiger partial charge in [-0.15, -0.1) is 0 Å². The van der Waals surface area contributed by atoms with Crippen molar-refractivity contribution in [2.45, 2.75) is 44.9 Å². The van der Waals surface area contributed by atoms with Crippen molar-refractivity contribution in [3.63, 3.8) is 0 Å². The number of methoxy groups -OCH3 is 1. The van der Waals surface area contributed by atoms with Crippen molar-refractivity contribution >= 4 is 5.91 Å². The van der Waals surface area contributed by atoms with Crippen LogP contribution in [0.15, 0.2) is 0 Å². The molecule has 1 atom stereocenters. The van der Waals surface area contributed by atoms with Crippen LogP contribution < -0.4 is 10.6 Å². The van der Waals surface area contributed by atoms with Crippen molar-refractivity contribution < 1.29 is 9.53 Å². The van der Waals surface area contributed by atoms with E-state index in [1.165, 1.54) is 32.1 Å². The molecule has 0 aromatic heterocycles. The Hall–Kier alpha value is -0.610. The molecule has 4 nitrogen and oxygen atoms in total. The van der Waals surface area contributed by atoms with E-state index < -0.39 is 0 Å². The molecule has 0 aromatic rings. The summed E-state index contributed by atoms with van der Waals surface area (Å²) in [4.78, 5) is 12.4. The summed E-state index contributed by atoms with van der Waals surface area (Å²) < 4.78 is 5.25. The number of hydrogen-bond acceptors (Lipinski definition) is 3. The highest BCUT2D eigenvalue weighted by molar-refractivity contribution is 5.83. The number of carbonyl (C=O) groups is 1. The molecule has 19 heavy (non-hydrogen) atoms. The van der Waals surface area contributed by atoms with Gasteiger partial charge >= 0.3 is 0 Å². The Morgan fingerprint density at radius 1 is 1.37 bits per heavy atom. The van der Waals surface area contributed by atoms with Gasteiger partial charge in [0, 0.05) is 20.2 Å². The second-order valence-electron chi connectivity index (χ2n) is 6.19. The van der Waals surface area contributed by atoms with E-state index in [1.54, 1.807) is 7.11 Å². The fraction of sp³-hybridized carbons (Fsp3) is 0.933. The molecular formula is C15H28N2O2. The van der Waals surface area contributed by atoms with E-state index >= 15 is 0 Å². The minimum Gasteiger partial charge on any atom is -0.384 e. The van der Waals surface area contributed by atoms with Gasteiger partial charge in [0.25, 0.3) is 0 Å². The van der Waals surface area contributed by atoms with Gasteiger partial charge in [-0.25, -0.2) is 0 Å². The van der Waals surface area contributed by atoms with Crippen LogP contribution in [0.2, 0.25) is 0 Å². The van der Waals surface area contributed by atoms with Crippen LogP contribution in [0.1, 0.15) is 44.9 Å². The predicted octanol–water partition coefficient (Wildman–Crippen LogP) is 1.70. The lowest BCUT2D eigenvalue weighted by molar-refractivity contribution is -0.133. The molecule has 110 valence electrons. The van der Waals surface area contributed by atoms with Crippen LogP contribution in [0, 0.1) is 11.3 Å². The molecule has 0 aromatic carbocycles. The Morgan fingerprint density at radius 2 is 2.16 bits per heavy atom. The summed E-state index contributed by atoms with van der Waals surface area (Å²) in [6, 6.07) is 0. The van der Waals surface area contributed by atoms with E-state index in [9.17, 15) is 4.79 Å². The number of rotatable bonds is 6. The third-order valence-corrected chi connectivity index (χ3v) is 4.71. The fourth-order valence-electron chi connectivity index (χ4n) is 3.46. The Labute approximate surface area is 116 Å². The fourth-order valence-corrected chi connectivity index (χ4v) is 3.46. The summed E-state index contributed by atoms with van der Waals surface area (Å²) in [7, 11) is 1.68. The molecule has 1 heterocycles.